The van der Waals surface area contributed by atoms with Gasteiger partial charge in [0.2, 0.25) is 0 Å². The van der Waals surface area contributed by atoms with Crippen molar-refractivity contribution in [3.8, 4) is 0 Å². The Morgan fingerprint density at radius 3 is 2.46 bits per heavy atom. The van der Waals surface area contributed by atoms with E-state index < -0.39 is 0 Å². The number of nitrogens with zero attached hydrogens (tertiary/aromatic N) is 1. The molecule has 6 heteroatoms. The second-order valence-electron chi connectivity index (χ2n) is 5.94. The third-order valence-electron chi connectivity index (χ3n) is 4.02. The number of anilines is 2. The molecule has 0 aliphatic rings. The number of benzene rings is 2. The molecule has 0 saturated carbocycles. The molecule has 0 bridgehead atoms. The summed E-state index contributed by atoms with van der Waals surface area (Å²) in [7, 11) is 0. The lowest BCUT2D eigenvalue weighted by molar-refractivity contribution is 0.101. The van der Waals surface area contributed by atoms with Crippen LogP contribution in [-0.4, -0.2) is 22.0 Å². The van der Waals surface area contributed by atoms with Gasteiger partial charge in [-0.15, -0.1) is 0 Å². The average Bonchev–Trinajstić information content (AvgIpc) is 3.14. The van der Waals surface area contributed by atoms with Crippen molar-refractivity contribution in [3.63, 3.8) is 0 Å². The predicted octanol–water partition coefficient (Wildman–Crippen LogP) is 3.79. The quantitative estimate of drug-likeness (QED) is 0.656. The maximum Gasteiger partial charge on any atom is 0.276 e. The molecule has 0 atom stereocenters. The topological polar surface area (TPSA) is 86.9 Å². The number of H-pyrrole nitrogens is 1. The summed E-state index contributed by atoms with van der Waals surface area (Å²) in [6.45, 7) is 3.87. The second-order valence-corrected chi connectivity index (χ2v) is 5.94. The van der Waals surface area contributed by atoms with E-state index in [1.54, 1.807) is 30.3 Å². The zero-order chi connectivity index (χ0) is 18.5. The highest BCUT2D eigenvalue weighted by atomic mass is 16.2. The minimum absolute atomic E-state index is 0.202. The number of aromatic amines is 1. The molecule has 3 aromatic rings. The van der Waals surface area contributed by atoms with Crippen molar-refractivity contribution in [1.29, 1.82) is 0 Å². The monoisotopic (exact) mass is 348 g/mol. The predicted molar refractivity (Wildman–Crippen MR) is 101 cm³/mol. The van der Waals surface area contributed by atoms with Crippen LogP contribution in [0.5, 0.6) is 0 Å². The summed E-state index contributed by atoms with van der Waals surface area (Å²) in [5, 5.41) is 12.5. The third-order valence-corrected chi connectivity index (χ3v) is 4.02. The lowest BCUT2D eigenvalue weighted by Crippen LogP contribution is -2.15. The summed E-state index contributed by atoms with van der Waals surface area (Å²) < 4.78 is 0. The summed E-state index contributed by atoms with van der Waals surface area (Å²) in [4.78, 5) is 24.6. The van der Waals surface area contributed by atoms with Crippen LogP contribution in [0.2, 0.25) is 0 Å². The van der Waals surface area contributed by atoms with Gasteiger partial charge in [-0.05, 0) is 49.2 Å². The van der Waals surface area contributed by atoms with Gasteiger partial charge in [0.15, 0.2) is 5.69 Å². The van der Waals surface area contributed by atoms with Crippen LogP contribution in [0.4, 0.5) is 11.4 Å². The zero-order valence-electron chi connectivity index (χ0n) is 14.7. The highest BCUT2D eigenvalue weighted by Crippen LogP contribution is 2.21. The molecule has 2 amide bonds. The number of aromatic nitrogens is 2. The summed E-state index contributed by atoms with van der Waals surface area (Å²) in [5.74, 6) is -0.498. The first-order chi connectivity index (χ1) is 12.6. The lowest BCUT2D eigenvalue weighted by Gasteiger charge is -2.11. The Balaban J connectivity index is 1.75. The fraction of sp³-hybridized carbons (Fsp3) is 0.150. The molecule has 3 N–H and O–H groups in total. The lowest BCUT2D eigenvalue weighted by atomic mass is 10.1. The number of carbonyl (C=O) groups excluding carboxylic acids is 2. The first kappa shape index (κ1) is 17.4. The molecule has 3 rings (SSSR count). The van der Waals surface area contributed by atoms with Crippen LogP contribution in [0.15, 0.2) is 54.6 Å². The van der Waals surface area contributed by atoms with E-state index in [1.807, 2.05) is 38.1 Å². The summed E-state index contributed by atoms with van der Waals surface area (Å²) in [6, 6.07) is 16.1. The largest absolute Gasteiger partial charge is 0.322 e. The van der Waals surface area contributed by atoms with E-state index in [0.29, 0.717) is 22.6 Å². The number of amides is 2. The minimum atomic E-state index is -0.296. The number of hydrogen-bond acceptors (Lipinski definition) is 3. The average molecular weight is 348 g/mol. The second kappa shape index (κ2) is 7.65. The number of carbonyl (C=O) groups is 2. The van der Waals surface area contributed by atoms with Gasteiger partial charge in [-0.2, -0.15) is 5.10 Å². The van der Waals surface area contributed by atoms with E-state index in [4.69, 9.17) is 0 Å². The van der Waals surface area contributed by atoms with E-state index >= 15 is 0 Å². The molecule has 1 aromatic heterocycles. The highest BCUT2D eigenvalue weighted by molar-refractivity contribution is 6.06. The van der Waals surface area contributed by atoms with E-state index in [0.717, 1.165) is 17.7 Å². The fourth-order valence-corrected chi connectivity index (χ4v) is 2.47. The summed E-state index contributed by atoms with van der Waals surface area (Å²) in [6.07, 6.45) is 0.778. The van der Waals surface area contributed by atoms with Gasteiger partial charge < -0.3 is 10.6 Å². The van der Waals surface area contributed by atoms with Crippen molar-refractivity contribution in [2.45, 2.75) is 20.3 Å². The molecule has 0 spiro atoms. The van der Waals surface area contributed by atoms with Gasteiger partial charge in [-0.25, -0.2) is 0 Å². The summed E-state index contributed by atoms with van der Waals surface area (Å²) in [5.41, 5.74) is 3.93. The van der Waals surface area contributed by atoms with E-state index in [2.05, 4.69) is 20.8 Å². The van der Waals surface area contributed by atoms with Gasteiger partial charge in [-0.3, -0.25) is 14.7 Å². The van der Waals surface area contributed by atoms with Gasteiger partial charge in [-0.1, -0.05) is 31.2 Å². The molecule has 2 aromatic carbocycles. The van der Waals surface area contributed by atoms with Crippen LogP contribution in [0.25, 0.3) is 0 Å². The maximum absolute atomic E-state index is 12.4. The Kier molecular flexibility index (Phi) is 5.12. The van der Waals surface area contributed by atoms with Crippen LogP contribution in [-0.2, 0) is 6.42 Å². The molecule has 0 saturated heterocycles. The van der Waals surface area contributed by atoms with Gasteiger partial charge in [0.25, 0.3) is 11.8 Å². The number of rotatable bonds is 5. The van der Waals surface area contributed by atoms with E-state index in [9.17, 15) is 9.59 Å². The smallest absolute Gasteiger partial charge is 0.276 e. The molecule has 0 aliphatic carbocycles. The van der Waals surface area contributed by atoms with Gasteiger partial charge in [0.05, 0.1) is 0 Å². The standard InChI is InChI=1S/C20H20N4O2/c1-3-15-11-18(24-23-15)20(26)22-17-12-16(10-9-13(17)2)21-19(25)14-7-5-4-6-8-14/h4-12H,3H2,1-2H3,(H,21,25)(H,22,26)(H,23,24). The maximum atomic E-state index is 12.4. The van der Waals surface area contributed by atoms with Crippen LogP contribution in [0.1, 0.15) is 39.0 Å². The molecule has 0 aliphatic heterocycles. The minimum Gasteiger partial charge on any atom is -0.322 e. The van der Waals surface area contributed by atoms with Gasteiger partial charge in [0, 0.05) is 22.6 Å². The molecule has 132 valence electrons. The molecular formula is C20H20N4O2. The number of nitrogens with one attached hydrogen (secondary N) is 3. The normalized spacial score (nSPS) is 10.4. The Morgan fingerprint density at radius 1 is 1.00 bits per heavy atom. The Bertz CT molecular complexity index is 932. The number of aryl methyl sites for hydroxylation is 2. The van der Waals surface area contributed by atoms with E-state index in [-0.39, 0.29) is 11.8 Å². The first-order valence-electron chi connectivity index (χ1n) is 8.39. The van der Waals surface area contributed by atoms with E-state index in [1.165, 1.54) is 0 Å². The first-order valence-corrected chi connectivity index (χ1v) is 8.39. The van der Waals surface area contributed by atoms with Gasteiger partial charge >= 0.3 is 0 Å². The Morgan fingerprint density at radius 2 is 1.77 bits per heavy atom. The number of hydrogen-bond donors (Lipinski definition) is 3. The van der Waals surface area contributed by atoms with Crippen molar-refractivity contribution in [3.05, 3.63) is 77.1 Å². The Labute approximate surface area is 151 Å². The van der Waals surface area contributed by atoms with Crippen molar-refractivity contribution in [2.75, 3.05) is 10.6 Å². The highest BCUT2D eigenvalue weighted by Gasteiger charge is 2.13. The van der Waals surface area contributed by atoms with Crippen LogP contribution < -0.4 is 10.6 Å². The summed E-state index contributed by atoms with van der Waals surface area (Å²) >= 11 is 0. The van der Waals surface area contributed by atoms with Gasteiger partial charge in [0.1, 0.15) is 0 Å². The van der Waals surface area contributed by atoms with Crippen molar-refractivity contribution < 1.29 is 9.59 Å². The zero-order valence-corrected chi connectivity index (χ0v) is 14.7. The fourth-order valence-electron chi connectivity index (χ4n) is 2.47. The SMILES string of the molecule is CCc1cc(C(=O)Nc2cc(NC(=O)c3ccccc3)ccc2C)n[nH]1. The molecular weight excluding hydrogens is 328 g/mol. The van der Waals surface area contributed by atoms with Crippen molar-refractivity contribution >= 4 is 23.2 Å². The third kappa shape index (κ3) is 3.97. The molecule has 1 heterocycles. The molecule has 0 radical (unpaired) electrons. The van der Waals surface area contributed by atoms with Crippen molar-refractivity contribution in [1.82, 2.24) is 10.2 Å². The van der Waals surface area contributed by atoms with Crippen LogP contribution in [0, 0.1) is 6.92 Å². The Hall–Kier alpha value is -3.41. The molecule has 26 heavy (non-hydrogen) atoms. The van der Waals surface area contributed by atoms with Crippen LogP contribution >= 0.6 is 0 Å². The van der Waals surface area contributed by atoms with Crippen molar-refractivity contribution in [2.24, 2.45) is 0 Å². The molecule has 0 unspecified atom stereocenters. The molecule has 0 fully saturated rings. The molecule has 6 nitrogen and oxygen atoms in total. The van der Waals surface area contributed by atoms with Crippen LogP contribution in [0.3, 0.4) is 0 Å².